The lowest BCUT2D eigenvalue weighted by molar-refractivity contribution is 0.268. The monoisotopic (exact) mass is 417 g/mol. The number of benzene rings is 2. The zero-order valence-electron chi connectivity index (χ0n) is 16.1. The van der Waals surface area contributed by atoms with Crippen molar-refractivity contribution >= 4 is 33.0 Å². The Morgan fingerprint density at radius 2 is 1.71 bits per heavy atom. The molecule has 0 radical (unpaired) electrons. The van der Waals surface area contributed by atoms with Gasteiger partial charge in [0.25, 0.3) is 0 Å². The van der Waals surface area contributed by atoms with Crippen molar-refractivity contribution in [1.82, 2.24) is 9.62 Å². The molecule has 0 aromatic heterocycles. The molecule has 2 aromatic carbocycles. The van der Waals surface area contributed by atoms with Gasteiger partial charge in [0.2, 0.25) is 10.0 Å². The first-order valence-corrected chi connectivity index (χ1v) is 11.6. The van der Waals surface area contributed by atoms with Gasteiger partial charge in [0.15, 0.2) is 5.11 Å². The van der Waals surface area contributed by atoms with Gasteiger partial charge < -0.3 is 10.2 Å². The molecule has 1 heterocycles. The fourth-order valence-electron chi connectivity index (χ4n) is 3.48. The fraction of sp³-hybridized carbons (Fsp3) is 0.381. The van der Waals surface area contributed by atoms with E-state index in [2.05, 4.69) is 45.3 Å². The largest absolute Gasteiger partial charge is 0.349 e. The molecule has 2 aromatic rings. The van der Waals surface area contributed by atoms with Crippen molar-refractivity contribution in [3.8, 4) is 0 Å². The molecule has 28 heavy (non-hydrogen) atoms. The highest BCUT2D eigenvalue weighted by atomic mass is 32.2. The van der Waals surface area contributed by atoms with Crippen LogP contribution in [0.2, 0.25) is 0 Å². The van der Waals surface area contributed by atoms with Gasteiger partial charge in [0, 0.05) is 25.3 Å². The predicted molar refractivity (Wildman–Crippen MR) is 118 cm³/mol. The van der Waals surface area contributed by atoms with Crippen molar-refractivity contribution in [2.45, 2.75) is 31.1 Å². The van der Waals surface area contributed by atoms with Crippen molar-refractivity contribution in [3.63, 3.8) is 0 Å². The number of rotatable bonds is 6. The van der Waals surface area contributed by atoms with Crippen LogP contribution in [0.15, 0.2) is 59.5 Å². The molecule has 2 N–H and O–H groups in total. The number of nitrogens with one attached hydrogen (secondary N) is 2. The maximum absolute atomic E-state index is 12.0. The van der Waals surface area contributed by atoms with Crippen LogP contribution in [0, 0.1) is 5.92 Å². The third-order valence-corrected chi connectivity index (χ3v) is 6.94. The van der Waals surface area contributed by atoms with E-state index in [1.807, 2.05) is 0 Å². The first-order chi connectivity index (χ1) is 13.5. The van der Waals surface area contributed by atoms with Gasteiger partial charge in [0.05, 0.1) is 4.90 Å². The Kier molecular flexibility index (Phi) is 7.04. The van der Waals surface area contributed by atoms with Crippen molar-refractivity contribution in [2.24, 2.45) is 5.92 Å². The Balaban J connectivity index is 1.50. The summed E-state index contributed by atoms with van der Waals surface area (Å²) in [5.41, 5.74) is 2.20. The van der Waals surface area contributed by atoms with E-state index in [1.54, 1.807) is 31.2 Å². The fourth-order valence-corrected chi connectivity index (χ4v) is 4.82. The van der Waals surface area contributed by atoms with E-state index < -0.39 is 10.0 Å². The lowest BCUT2D eigenvalue weighted by atomic mass is 9.90. The molecule has 1 saturated heterocycles. The topological polar surface area (TPSA) is 61.4 Å². The summed E-state index contributed by atoms with van der Waals surface area (Å²) in [4.78, 5) is 2.45. The molecule has 0 unspecified atom stereocenters. The van der Waals surface area contributed by atoms with Crippen molar-refractivity contribution < 1.29 is 8.42 Å². The Labute approximate surface area is 173 Å². The van der Waals surface area contributed by atoms with E-state index in [0.29, 0.717) is 17.6 Å². The number of hydrogen-bond donors (Lipinski definition) is 2. The normalized spacial score (nSPS) is 15.4. The minimum absolute atomic E-state index is 0.257. The van der Waals surface area contributed by atoms with E-state index in [9.17, 15) is 8.42 Å². The van der Waals surface area contributed by atoms with Crippen molar-refractivity contribution in [3.05, 3.63) is 60.2 Å². The third-order valence-electron chi connectivity index (χ3n) is 5.02. The summed E-state index contributed by atoms with van der Waals surface area (Å²) >= 11 is 5.56. The highest BCUT2D eigenvalue weighted by molar-refractivity contribution is 7.89. The maximum atomic E-state index is 12.0. The number of hydrogen-bond acceptors (Lipinski definition) is 3. The SMILES string of the molecule is CCNS(=O)(=O)c1ccc(NC(=S)N2CCC(Cc3ccccc3)CC2)cc1. The van der Waals surface area contributed by atoms with Gasteiger partial charge in [-0.05, 0) is 67.2 Å². The van der Waals surface area contributed by atoms with Crippen LogP contribution < -0.4 is 10.0 Å². The molecular weight excluding hydrogens is 390 g/mol. The van der Waals surface area contributed by atoms with Gasteiger partial charge >= 0.3 is 0 Å². The van der Waals surface area contributed by atoms with E-state index in [0.717, 1.165) is 38.0 Å². The summed E-state index contributed by atoms with van der Waals surface area (Å²) in [5, 5.41) is 3.92. The van der Waals surface area contributed by atoms with Gasteiger partial charge in [0.1, 0.15) is 0 Å². The number of likely N-dealkylation sites (tertiary alicyclic amines) is 1. The average molecular weight is 418 g/mol. The van der Waals surface area contributed by atoms with Gasteiger partial charge in [-0.1, -0.05) is 37.3 Å². The molecule has 0 amide bonds. The molecule has 5 nitrogen and oxygen atoms in total. The van der Waals surface area contributed by atoms with Crippen LogP contribution in [-0.4, -0.2) is 38.1 Å². The van der Waals surface area contributed by atoms with E-state index in [-0.39, 0.29) is 4.90 Å². The maximum Gasteiger partial charge on any atom is 0.240 e. The van der Waals surface area contributed by atoms with Gasteiger partial charge in [-0.15, -0.1) is 0 Å². The lowest BCUT2D eigenvalue weighted by Gasteiger charge is -2.34. The molecular formula is C21H27N3O2S2. The van der Waals surface area contributed by atoms with E-state index in [4.69, 9.17) is 12.2 Å². The summed E-state index contributed by atoms with van der Waals surface area (Å²) in [5.74, 6) is 0.692. The second kappa shape index (κ2) is 9.49. The van der Waals surface area contributed by atoms with Crippen LogP contribution in [0.5, 0.6) is 0 Å². The second-order valence-electron chi connectivity index (χ2n) is 7.08. The average Bonchev–Trinajstić information content (AvgIpc) is 2.70. The van der Waals surface area contributed by atoms with Crippen molar-refractivity contribution in [2.75, 3.05) is 25.0 Å². The third kappa shape index (κ3) is 5.53. The number of piperidine rings is 1. The molecule has 0 aliphatic carbocycles. The highest BCUT2D eigenvalue weighted by Crippen LogP contribution is 2.22. The molecule has 0 spiro atoms. The first kappa shape index (κ1) is 20.8. The number of sulfonamides is 1. The summed E-state index contributed by atoms with van der Waals surface area (Å²) in [6, 6.07) is 17.3. The summed E-state index contributed by atoms with van der Waals surface area (Å²) in [6.45, 7) is 4.01. The minimum atomic E-state index is -3.43. The first-order valence-electron chi connectivity index (χ1n) is 9.67. The molecule has 7 heteroatoms. The molecule has 1 aliphatic heterocycles. The van der Waals surface area contributed by atoms with Crippen LogP contribution in [-0.2, 0) is 16.4 Å². The number of anilines is 1. The predicted octanol–water partition coefficient (Wildman–Crippen LogP) is 3.64. The molecule has 3 rings (SSSR count). The van der Waals surface area contributed by atoms with Gasteiger partial charge in [-0.3, -0.25) is 0 Å². The Bertz CT molecular complexity index is 876. The second-order valence-corrected chi connectivity index (χ2v) is 9.23. The molecule has 1 aliphatic rings. The Morgan fingerprint density at radius 1 is 1.07 bits per heavy atom. The van der Waals surface area contributed by atoms with Crippen LogP contribution >= 0.6 is 12.2 Å². The molecule has 0 saturated carbocycles. The van der Waals surface area contributed by atoms with Crippen molar-refractivity contribution in [1.29, 1.82) is 0 Å². The standard InChI is InChI=1S/C21H27N3O2S2/c1-2-22-28(25,26)20-10-8-19(9-11-20)23-21(27)24-14-12-18(13-15-24)16-17-6-4-3-5-7-17/h3-11,18,22H,2,12-16H2,1H3,(H,23,27). The van der Waals surface area contributed by atoms with Crippen LogP contribution in [0.4, 0.5) is 5.69 Å². The molecule has 0 bridgehead atoms. The van der Waals surface area contributed by atoms with Crippen LogP contribution in [0.1, 0.15) is 25.3 Å². The van der Waals surface area contributed by atoms with Crippen LogP contribution in [0.3, 0.4) is 0 Å². The highest BCUT2D eigenvalue weighted by Gasteiger charge is 2.21. The van der Waals surface area contributed by atoms with Gasteiger partial charge in [-0.25, -0.2) is 13.1 Å². The molecule has 150 valence electrons. The van der Waals surface area contributed by atoms with E-state index in [1.165, 1.54) is 5.56 Å². The Morgan fingerprint density at radius 3 is 2.32 bits per heavy atom. The van der Waals surface area contributed by atoms with E-state index >= 15 is 0 Å². The summed E-state index contributed by atoms with van der Waals surface area (Å²) < 4.78 is 26.5. The van der Waals surface area contributed by atoms with Crippen LogP contribution in [0.25, 0.3) is 0 Å². The molecule has 1 fully saturated rings. The quantitative estimate of drug-likeness (QED) is 0.703. The lowest BCUT2D eigenvalue weighted by Crippen LogP contribution is -2.41. The summed E-state index contributed by atoms with van der Waals surface area (Å²) in [7, 11) is -3.43. The zero-order chi connectivity index (χ0) is 20.0. The smallest absolute Gasteiger partial charge is 0.240 e. The zero-order valence-corrected chi connectivity index (χ0v) is 17.7. The molecule has 0 atom stereocenters. The Hall–Kier alpha value is -1.96. The van der Waals surface area contributed by atoms with Gasteiger partial charge in [-0.2, -0.15) is 0 Å². The minimum Gasteiger partial charge on any atom is -0.349 e. The summed E-state index contributed by atoms with van der Waals surface area (Å²) in [6.07, 6.45) is 3.36. The number of thiocarbonyl (C=S) groups is 1. The number of nitrogens with zero attached hydrogens (tertiary/aromatic N) is 1.